The van der Waals surface area contributed by atoms with Gasteiger partial charge < -0.3 is 4.74 Å². The van der Waals surface area contributed by atoms with Gasteiger partial charge in [-0.05, 0) is 19.4 Å². The molecule has 1 atom stereocenters. The zero-order chi connectivity index (χ0) is 9.40. The maximum Gasteiger partial charge on any atom is 0.303 e. The van der Waals surface area contributed by atoms with Crippen LogP contribution in [0.5, 0.6) is 0 Å². The van der Waals surface area contributed by atoms with Gasteiger partial charge in [-0.15, -0.1) is 0 Å². The lowest BCUT2D eigenvalue weighted by Crippen LogP contribution is -2.08. The summed E-state index contributed by atoms with van der Waals surface area (Å²) in [5, 5.41) is 0. The van der Waals surface area contributed by atoms with Crippen molar-refractivity contribution >= 4 is 5.97 Å². The molecule has 0 bridgehead atoms. The number of allylic oxidation sites excluding steroid dienone is 1. The lowest BCUT2D eigenvalue weighted by molar-refractivity contribution is -0.143. The molecule has 0 saturated heterocycles. The fourth-order valence-corrected chi connectivity index (χ4v) is 0.911. The van der Waals surface area contributed by atoms with E-state index in [2.05, 4.69) is 13.0 Å². The first-order valence-electron chi connectivity index (χ1n) is 4.50. The minimum absolute atomic E-state index is 0.0839. The molecule has 1 unspecified atom stereocenters. The molecule has 0 aliphatic heterocycles. The zero-order valence-corrected chi connectivity index (χ0v) is 8.17. The second-order valence-corrected chi connectivity index (χ2v) is 2.88. The molecular weight excluding hydrogens is 152 g/mol. The van der Waals surface area contributed by atoms with Crippen molar-refractivity contribution in [2.24, 2.45) is 0 Å². The van der Waals surface area contributed by atoms with Crippen LogP contribution in [0.15, 0.2) is 12.2 Å². The van der Waals surface area contributed by atoms with E-state index in [1.807, 2.05) is 13.0 Å². The van der Waals surface area contributed by atoms with Crippen LogP contribution in [0.1, 0.15) is 40.0 Å². The van der Waals surface area contributed by atoms with Gasteiger partial charge in [0, 0.05) is 6.92 Å². The Kier molecular flexibility index (Phi) is 6.44. The predicted molar refractivity (Wildman–Crippen MR) is 49.9 cm³/mol. The Labute approximate surface area is 74.6 Å². The number of esters is 1. The molecule has 0 rings (SSSR count). The summed E-state index contributed by atoms with van der Waals surface area (Å²) < 4.78 is 4.90. The van der Waals surface area contributed by atoms with Crippen LogP contribution in [-0.2, 0) is 9.53 Å². The third-order valence-electron chi connectivity index (χ3n) is 1.48. The van der Waals surface area contributed by atoms with E-state index >= 15 is 0 Å². The normalized spacial score (nSPS) is 13.2. The van der Waals surface area contributed by atoms with Crippen molar-refractivity contribution in [1.29, 1.82) is 0 Å². The minimum Gasteiger partial charge on any atom is -0.459 e. The number of unbranched alkanes of at least 4 members (excludes halogenated alkanes) is 2. The van der Waals surface area contributed by atoms with Crippen LogP contribution >= 0.6 is 0 Å². The largest absolute Gasteiger partial charge is 0.459 e. The van der Waals surface area contributed by atoms with Crippen molar-refractivity contribution in [1.82, 2.24) is 0 Å². The predicted octanol–water partition coefficient (Wildman–Crippen LogP) is 2.68. The van der Waals surface area contributed by atoms with Gasteiger partial charge in [0.25, 0.3) is 0 Å². The fourth-order valence-electron chi connectivity index (χ4n) is 0.911. The number of hydrogen-bond acceptors (Lipinski definition) is 2. The van der Waals surface area contributed by atoms with Crippen LogP contribution in [0.25, 0.3) is 0 Å². The molecule has 0 N–H and O–H groups in total. The molecule has 12 heavy (non-hydrogen) atoms. The Morgan fingerprint density at radius 1 is 1.58 bits per heavy atom. The van der Waals surface area contributed by atoms with Crippen LogP contribution in [0.4, 0.5) is 0 Å². The summed E-state index contributed by atoms with van der Waals surface area (Å²) in [7, 11) is 0. The lowest BCUT2D eigenvalue weighted by Gasteiger charge is -2.05. The molecule has 2 nitrogen and oxygen atoms in total. The second kappa shape index (κ2) is 6.89. The average Bonchev–Trinajstić information content (AvgIpc) is 1.97. The summed E-state index contributed by atoms with van der Waals surface area (Å²) >= 11 is 0. The highest BCUT2D eigenvalue weighted by atomic mass is 16.5. The van der Waals surface area contributed by atoms with Crippen molar-refractivity contribution < 1.29 is 9.53 Å². The van der Waals surface area contributed by atoms with E-state index in [0.29, 0.717) is 0 Å². The van der Waals surface area contributed by atoms with E-state index in [1.165, 1.54) is 19.8 Å². The minimum atomic E-state index is -0.220. The van der Waals surface area contributed by atoms with Crippen molar-refractivity contribution in [2.75, 3.05) is 0 Å². The fraction of sp³-hybridized carbons (Fsp3) is 0.700. The molecule has 0 aliphatic carbocycles. The van der Waals surface area contributed by atoms with E-state index in [9.17, 15) is 4.79 Å². The van der Waals surface area contributed by atoms with Crippen LogP contribution < -0.4 is 0 Å². The number of ether oxygens (including phenoxy) is 1. The molecule has 0 heterocycles. The number of rotatable bonds is 5. The summed E-state index contributed by atoms with van der Waals surface area (Å²) in [5.41, 5.74) is 0. The van der Waals surface area contributed by atoms with Gasteiger partial charge in [0.2, 0.25) is 0 Å². The summed E-state index contributed by atoms with van der Waals surface area (Å²) in [6.45, 7) is 5.45. The van der Waals surface area contributed by atoms with Crippen LogP contribution in [0, 0.1) is 0 Å². The zero-order valence-electron chi connectivity index (χ0n) is 8.17. The van der Waals surface area contributed by atoms with E-state index in [4.69, 9.17) is 4.74 Å². The van der Waals surface area contributed by atoms with E-state index in [0.717, 1.165) is 6.42 Å². The van der Waals surface area contributed by atoms with Gasteiger partial charge in [-0.25, -0.2) is 0 Å². The highest BCUT2D eigenvalue weighted by Gasteiger charge is 1.98. The van der Waals surface area contributed by atoms with Gasteiger partial charge in [0.15, 0.2) is 0 Å². The Morgan fingerprint density at radius 2 is 2.25 bits per heavy atom. The third-order valence-corrected chi connectivity index (χ3v) is 1.48. The van der Waals surface area contributed by atoms with E-state index in [-0.39, 0.29) is 12.1 Å². The Bertz CT molecular complexity index is 150. The molecule has 0 fully saturated rings. The van der Waals surface area contributed by atoms with Gasteiger partial charge in [0.1, 0.15) is 6.10 Å². The van der Waals surface area contributed by atoms with Crippen LogP contribution in [0.2, 0.25) is 0 Å². The Hall–Kier alpha value is -0.790. The maximum atomic E-state index is 10.5. The SMILES string of the molecule is CCCC/C=C/C(C)OC(C)=O. The highest BCUT2D eigenvalue weighted by molar-refractivity contribution is 5.66. The quantitative estimate of drug-likeness (QED) is 0.360. The van der Waals surface area contributed by atoms with E-state index in [1.54, 1.807) is 0 Å². The third kappa shape index (κ3) is 7.32. The molecule has 0 aromatic rings. The average molecular weight is 170 g/mol. The molecule has 0 radical (unpaired) electrons. The van der Waals surface area contributed by atoms with Crippen molar-refractivity contribution in [3.63, 3.8) is 0 Å². The van der Waals surface area contributed by atoms with Gasteiger partial charge in [-0.3, -0.25) is 4.79 Å². The first kappa shape index (κ1) is 11.2. The van der Waals surface area contributed by atoms with Gasteiger partial charge in [-0.2, -0.15) is 0 Å². The summed E-state index contributed by atoms with van der Waals surface area (Å²) in [5.74, 6) is -0.220. The second-order valence-electron chi connectivity index (χ2n) is 2.88. The maximum absolute atomic E-state index is 10.5. The van der Waals surface area contributed by atoms with Gasteiger partial charge in [0.05, 0.1) is 0 Å². The monoisotopic (exact) mass is 170 g/mol. The first-order chi connectivity index (χ1) is 5.66. The molecular formula is C10H18O2. The Balaban J connectivity index is 3.46. The number of carbonyl (C=O) groups is 1. The molecule has 0 saturated carbocycles. The molecule has 2 heteroatoms. The standard InChI is InChI=1S/C10H18O2/c1-4-5-6-7-8-9(2)12-10(3)11/h7-9H,4-6H2,1-3H3/b8-7+. The smallest absolute Gasteiger partial charge is 0.303 e. The van der Waals surface area contributed by atoms with Gasteiger partial charge in [-0.1, -0.05) is 25.8 Å². The van der Waals surface area contributed by atoms with Crippen molar-refractivity contribution in [3.8, 4) is 0 Å². The van der Waals surface area contributed by atoms with Crippen LogP contribution in [-0.4, -0.2) is 12.1 Å². The Morgan fingerprint density at radius 3 is 2.75 bits per heavy atom. The number of carbonyl (C=O) groups excluding carboxylic acids is 1. The summed E-state index contributed by atoms with van der Waals surface area (Å²) in [6, 6.07) is 0. The molecule has 0 aromatic heterocycles. The highest BCUT2D eigenvalue weighted by Crippen LogP contribution is 1.98. The lowest BCUT2D eigenvalue weighted by atomic mass is 10.2. The topological polar surface area (TPSA) is 26.3 Å². The summed E-state index contributed by atoms with van der Waals surface area (Å²) in [6.07, 6.45) is 7.38. The number of hydrogen-bond donors (Lipinski definition) is 0. The van der Waals surface area contributed by atoms with Crippen molar-refractivity contribution in [2.45, 2.75) is 46.1 Å². The van der Waals surface area contributed by atoms with E-state index < -0.39 is 0 Å². The molecule has 70 valence electrons. The molecule has 0 spiro atoms. The van der Waals surface area contributed by atoms with Crippen molar-refractivity contribution in [3.05, 3.63) is 12.2 Å². The molecule has 0 amide bonds. The summed E-state index contributed by atoms with van der Waals surface area (Å²) in [4.78, 5) is 10.5. The first-order valence-corrected chi connectivity index (χ1v) is 4.50. The van der Waals surface area contributed by atoms with Crippen LogP contribution in [0.3, 0.4) is 0 Å². The molecule has 0 aliphatic rings. The molecule has 0 aromatic carbocycles. The van der Waals surface area contributed by atoms with Gasteiger partial charge >= 0.3 is 5.97 Å².